The molecule has 64 valence electrons. The Morgan fingerprint density at radius 3 is 2.18 bits per heavy atom. The van der Waals surface area contributed by atoms with Gasteiger partial charge in [0.25, 0.3) is 0 Å². The lowest BCUT2D eigenvalue weighted by Crippen LogP contribution is -2.43. The van der Waals surface area contributed by atoms with E-state index in [-0.39, 0.29) is 0 Å². The molecule has 1 aliphatic heterocycles. The smallest absolute Gasteiger partial charge is 0.0282 e. The Labute approximate surface area is 70.1 Å². The summed E-state index contributed by atoms with van der Waals surface area (Å²) in [4.78, 5) is 2.51. The maximum Gasteiger partial charge on any atom is 0.0282 e. The van der Waals surface area contributed by atoms with E-state index in [1.807, 2.05) is 0 Å². The Morgan fingerprint density at radius 1 is 1.45 bits per heavy atom. The van der Waals surface area contributed by atoms with Gasteiger partial charge in [-0.15, -0.1) is 0 Å². The molecular weight excluding hydrogens is 134 g/mol. The lowest BCUT2D eigenvalue weighted by molar-refractivity contribution is 0.138. The zero-order chi connectivity index (χ0) is 8.65. The summed E-state index contributed by atoms with van der Waals surface area (Å²) in [6.07, 6.45) is 1.18. The van der Waals surface area contributed by atoms with Crippen molar-refractivity contribution in [3.63, 3.8) is 0 Å². The van der Waals surface area contributed by atoms with E-state index in [1.165, 1.54) is 18.5 Å². The fourth-order valence-electron chi connectivity index (χ4n) is 1.80. The van der Waals surface area contributed by atoms with Crippen LogP contribution in [-0.2, 0) is 0 Å². The number of hydrogen-bond donors (Lipinski definition) is 0. The van der Waals surface area contributed by atoms with Crippen molar-refractivity contribution in [3.05, 3.63) is 12.2 Å². The Bertz CT molecular complexity index is 164. The van der Waals surface area contributed by atoms with E-state index in [4.69, 9.17) is 0 Å². The van der Waals surface area contributed by atoms with Crippen LogP contribution in [0.3, 0.4) is 0 Å². The average Bonchev–Trinajstić information content (AvgIpc) is 2.11. The van der Waals surface area contributed by atoms with Gasteiger partial charge in [0.1, 0.15) is 0 Å². The van der Waals surface area contributed by atoms with Gasteiger partial charge in [-0.05, 0) is 34.1 Å². The molecule has 1 nitrogen and oxygen atoms in total. The third kappa shape index (κ3) is 1.64. The summed E-state index contributed by atoms with van der Waals surface area (Å²) < 4.78 is 0. The van der Waals surface area contributed by atoms with E-state index in [0.717, 1.165) is 0 Å². The normalized spacial score (nSPS) is 28.0. The van der Waals surface area contributed by atoms with Crippen LogP contribution in [0.4, 0.5) is 0 Å². The van der Waals surface area contributed by atoms with Crippen LogP contribution in [0.15, 0.2) is 12.2 Å². The molecular formula is C10H19N. The average molecular weight is 153 g/mol. The molecule has 1 atom stereocenters. The minimum absolute atomic E-state index is 0.304. The standard InChI is InChI=1S/C10H19N/c1-8-6-7-11(9(8)2)10(3,4)5/h9H,1,6-7H2,2-5H3. The van der Waals surface area contributed by atoms with Crippen LogP contribution in [0.5, 0.6) is 0 Å². The monoisotopic (exact) mass is 153 g/mol. The highest BCUT2D eigenvalue weighted by molar-refractivity contribution is 5.12. The van der Waals surface area contributed by atoms with Gasteiger partial charge in [-0.3, -0.25) is 4.90 Å². The molecule has 11 heavy (non-hydrogen) atoms. The molecule has 0 amide bonds. The molecule has 0 aromatic rings. The zero-order valence-electron chi connectivity index (χ0n) is 8.15. The van der Waals surface area contributed by atoms with Gasteiger partial charge in [0.15, 0.2) is 0 Å². The number of nitrogens with zero attached hydrogens (tertiary/aromatic N) is 1. The van der Waals surface area contributed by atoms with E-state index in [9.17, 15) is 0 Å². The second-order valence-electron chi connectivity index (χ2n) is 4.45. The molecule has 1 unspecified atom stereocenters. The first kappa shape index (κ1) is 8.79. The molecule has 1 saturated heterocycles. The van der Waals surface area contributed by atoms with Gasteiger partial charge in [-0.2, -0.15) is 0 Å². The van der Waals surface area contributed by atoms with Crippen LogP contribution < -0.4 is 0 Å². The molecule has 0 radical (unpaired) electrons. The first-order valence-electron chi connectivity index (χ1n) is 4.37. The van der Waals surface area contributed by atoms with E-state index >= 15 is 0 Å². The van der Waals surface area contributed by atoms with Crippen LogP contribution >= 0.6 is 0 Å². The van der Waals surface area contributed by atoms with Crippen molar-refractivity contribution in [2.45, 2.75) is 45.7 Å². The second-order valence-corrected chi connectivity index (χ2v) is 4.45. The SMILES string of the molecule is C=C1CCN(C(C)(C)C)C1C. The summed E-state index contributed by atoms with van der Waals surface area (Å²) >= 11 is 0. The van der Waals surface area contributed by atoms with Gasteiger partial charge in [-0.1, -0.05) is 12.2 Å². The Morgan fingerprint density at radius 2 is 2.00 bits per heavy atom. The van der Waals surface area contributed by atoms with Crippen LogP contribution in [0, 0.1) is 0 Å². The first-order chi connectivity index (χ1) is 4.93. The van der Waals surface area contributed by atoms with Crippen molar-refractivity contribution >= 4 is 0 Å². The quantitative estimate of drug-likeness (QED) is 0.483. The molecule has 0 saturated carbocycles. The lowest BCUT2D eigenvalue weighted by Gasteiger charge is -2.35. The van der Waals surface area contributed by atoms with Crippen LogP contribution in [0.2, 0.25) is 0 Å². The molecule has 1 rings (SSSR count). The minimum atomic E-state index is 0.304. The van der Waals surface area contributed by atoms with Crippen molar-refractivity contribution < 1.29 is 0 Å². The van der Waals surface area contributed by atoms with Gasteiger partial charge in [0, 0.05) is 18.1 Å². The third-order valence-electron chi connectivity index (χ3n) is 2.59. The topological polar surface area (TPSA) is 3.24 Å². The molecule has 1 heterocycles. The molecule has 0 spiro atoms. The Kier molecular flexibility index (Phi) is 2.10. The Hall–Kier alpha value is -0.300. The lowest BCUT2D eigenvalue weighted by atomic mass is 10.0. The van der Waals surface area contributed by atoms with Gasteiger partial charge in [-0.25, -0.2) is 0 Å². The summed E-state index contributed by atoms with van der Waals surface area (Å²) in [5.41, 5.74) is 1.69. The molecule has 0 aromatic carbocycles. The number of likely N-dealkylation sites (tertiary alicyclic amines) is 1. The highest BCUT2D eigenvalue weighted by Crippen LogP contribution is 2.28. The molecule has 1 heteroatoms. The predicted molar refractivity (Wildman–Crippen MR) is 49.7 cm³/mol. The van der Waals surface area contributed by atoms with E-state index in [0.29, 0.717) is 11.6 Å². The molecule has 1 aliphatic rings. The van der Waals surface area contributed by atoms with Crippen LogP contribution in [0.1, 0.15) is 34.1 Å². The van der Waals surface area contributed by atoms with E-state index in [1.54, 1.807) is 0 Å². The van der Waals surface area contributed by atoms with E-state index in [2.05, 4.69) is 39.2 Å². The van der Waals surface area contributed by atoms with Gasteiger partial charge in [0.2, 0.25) is 0 Å². The van der Waals surface area contributed by atoms with Crippen molar-refractivity contribution in [2.75, 3.05) is 6.54 Å². The molecule has 0 aliphatic carbocycles. The Balaban J connectivity index is 2.70. The van der Waals surface area contributed by atoms with Crippen molar-refractivity contribution in [1.82, 2.24) is 4.90 Å². The summed E-state index contributed by atoms with van der Waals surface area (Å²) in [6, 6.07) is 0.579. The van der Waals surface area contributed by atoms with Crippen LogP contribution in [-0.4, -0.2) is 23.0 Å². The molecule has 0 bridgehead atoms. The van der Waals surface area contributed by atoms with Gasteiger partial charge >= 0.3 is 0 Å². The number of hydrogen-bond acceptors (Lipinski definition) is 1. The van der Waals surface area contributed by atoms with E-state index < -0.39 is 0 Å². The van der Waals surface area contributed by atoms with Crippen molar-refractivity contribution in [1.29, 1.82) is 0 Å². The van der Waals surface area contributed by atoms with Gasteiger partial charge in [0.05, 0.1) is 0 Å². The minimum Gasteiger partial charge on any atom is -0.292 e. The summed E-state index contributed by atoms with van der Waals surface area (Å²) in [5, 5.41) is 0. The highest BCUT2D eigenvalue weighted by atomic mass is 15.2. The maximum atomic E-state index is 4.06. The van der Waals surface area contributed by atoms with Crippen molar-refractivity contribution in [3.8, 4) is 0 Å². The van der Waals surface area contributed by atoms with Gasteiger partial charge < -0.3 is 0 Å². The zero-order valence-corrected chi connectivity index (χ0v) is 8.15. The maximum absolute atomic E-state index is 4.06. The fourth-order valence-corrected chi connectivity index (χ4v) is 1.80. The molecule has 0 N–H and O–H groups in total. The summed E-state index contributed by atoms with van der Waals surface area (Å²) in [6.45, 7) is 14.3. The highest BCUT2D eigenvalue weighted by Gasteiger charge is 2.31. The predicted octanol–water partition coefficient (Wildman–Crippen LogP) is 2.44. The van der Waals surface area contributed by atoms with Crippen LogP contribution in [0.25, 0.3) is 0 Å². The molecule has 0 aromatic heterocycles. The fraction of sp³-hybridized carbons (Fsp3) is 0.800. The largest absolute Gasteiger partial charge is 0.292 e. The third-order valence-corrected chi connectivity index (χ3v) is 2.59. The number of rotatable bonds is 0. The summed E-state index contributed by atoms with van der Waals surface area (Å²) in [7, 11) is 0. The second kappa shape index (κ2) is 2.63. The summed E-state index contributed by atoms with van der Waals surface area (Å²) in [5.74, 6) is 0. The first-order valence-corrected chi connectivity index (χ1v) is 4.37. The molecule has 1 fully saturated rings. The van der Waals surface area contributed by atoms with Crippen molar-refractivity contribution in [2.24, 2.45) is 0 Å².